The van der Waals surface area contributed by atoms with Crippen LogP contribution in [0.1, 0.15) is 0 Å². The fraction of sp³-hybridized carbons (Fsp3) is 0.625. The smallest absolute Gasteiger partial charge is 0.119 e. The molecule has 0 radical (unpaired) electrons. The highest BCUT2D eigenvalue weighted by Crippen LogP contribution is 2.07. The van der Waals surface area contributed by atoms with Gasteiger partial charge in [0.2, 0.25) is 0 Å². The van der Waals surface area contributed by atoms with Gasteiger partial charge in [-0.15, -0.1) is 0 Å². The van der Waals surface area contributed by atoms with Gasteiger partial charge in [0.15, 0.2) is 0 Å². The lowest BCUT2D eigenvalue weighted by molar-refractivity contribution is -0.00557. The molecular weight excluding hydrogens is 291 g/mol. The highest BCUT2D eigenvalue weighted by molar-refractivity contribution is 5.20. The van der Waals surface area contributed by atoms with Crippen LogP contribution in [0.15, 0.2) is 30.3 Å². The van der Waals surface area contributed by atoms with E-state index in [1.807, 2.05) is 30.3 Å². The van der Waals surface area contributed by atoms with Crippen molar-refractivity contribution in [3.05, 3.63) is 30.3 Å². The van der Waals surface area contributed by atoms with Crippen molar-refractivity contribution in [1.29, 1.82) is 0 Å². The topological polar surface area (TPSA) is 46.2 Å². The predicted molar refractivity (Wildman–Crippen MR) is 81.2 cm³/mol. The summed E-state index contributed by atoms with van der Waals surface area (Å²) in [6.07, 6.45) is 0. The van der Waals surface area contributed by atoms with Crippen LogP contribution in [0.3, 0.4) is 0 Å². The fourth-order valence-corrected chi connectivity index (χ4v) is 1.55. The number of hydrogen-bond donors (Lipinski definition) is 0. The van der Waals surface area contributed by atoms with Crippen molar-refractivity contribution in [3.8, 4) is 5.75 Å². The molecule has 0 bridgehead atoms. The molecule has 0 saturated carbocycles. The van der Waals surface area contributed by atoms with Gasteiger partial charge in [-0.2, -0.15) is 0 Å². The van der Waals surface area contributed by atoms with Crippen molar-refractivity contribution in [1.82, 2.24) is 0 Å². The van der Waals surface area contributed by atoms with Gasteiger partial charge in [-0.3, -0.25) is 0 Å². The number of benzene rings is 1. The SMILES string of the molecule is FCCOCCOCCOCCOCCOc1ccccc1. The standard InChI is InChI=1S/C16H25FO5/c17-6-7-18-8-9-19-10-11-20-12-13-21-14-15-22-16-4-2-1-3-5-16/h1-5H,6-15H2. The Balaban J connectivity index is 1.73. The quantitative estimate of drug-likeness (QED) is 0.464. The third-order valence-electron chi connectivity index (χ3n) is 2.58. The van der Waals surface area contributed by atoms with Gasteiger partial charge in [0.25, 0.3) is 0 Å². The molecular formula is C16H25FO5. The maximum atomic E-state index is 11.7. The molecule has 5 nitrogen and oxygen atoms in total. The van der Waals surface area contributed by atoms with E-state index in [9.17, 15) is 4.39 Å². The van der Waals surface area contributed by atoms with Gasteiger partial charge in [0.05, 0.1) is 52.9 Å². The molecule has 0 saturated heterocycles. The minimum Gasteiger partial charge on any atom is -0.491 e. The van der Waals surface area contributed by atoms with E-state index < -0.39 is 6.67 Å². The summed E-state index contributed by atoms with van der Waals surface area (Å²) in [6.45, 7) is 3.64. The van der Waals surface area contributed by atoms with Crippen LogP contribution in [-0.4, -0.2) is 66.1 Å². The first-order valence-electron chi connectivity index (χ1n) is 7.48. The lowest BCUT2D eigenvalue weighted by Crippen LogP contribution is -2.14. The summed E-state index contributed by atoms with van der Waals surface area (Å²) in [4.78, 5) is 0. The Kier molecular flexibility index (Phi) is 12.6. The van der Waals surface area contributed by atoms with Crippen molar-refractivity contribution >= 4 is 0 Å². The van der Waals surface area contributed by atoms with E-state index in [-0.39, 0.29) is 6.61 Å². The first-order chi connectivity index (χ1) is 10.9. The zero-order valence-electron chi connectivity index (χ0n) is 12.9. The van der Waals surface area contributed by atoms with E-state index in [4.69, 9.17) is 23.7 Å². The van der Waals surface area contributed by atoms with E-state index >= 15 is 0 Å². The number of hydrogen-bond acceptors (Lipinski definition) is 5. The normalized spacial score (nSPS) is 10.8. The van der Waals surface area contributed by atoms with E-state index in [0.717, 1.165) is 5.75 Å². The van der Waals surface area contributed by atoms with Crippen LogP contribution in [0.25, 0.3) is 0 Å². The van der Waals surface area contributed by atoms with E-state index in [2.05, 4.69) is 0 Å². The number of halogens is 1. The lowest BCUT2D eigenvalue weighted by atomic mass is 10.3. The van der Waals surface area contributed by atoms with Gasteiger partial charge >= 0.3 is 0 Å². The Morgan fingerprint density at radius 3 is 1.55 bits per heavy atom. The van der Waals surface area contributed by atoms with E-state index in [1.54, 1.807) is 0 Å². The molecule has 0 N–H and O–H groups in total. The minimum absolute atomic E-state index is 0.130. The average molecular weight is 316 g/mol. The Bertz CT molecular complexity index is 337. The molecule has 0 aliphatic carbocycles. The second-order valence-corrected chi connectivity index (χ2v) is 4.30. The van der Waals surface area contributed by atoms with Crippen LogP contribution < -0.4 is 4.74 Å². The molecule has 0 spiro atoms. The summed E-state index contributed by atoms with van der Waals surface area (Å²) in [7, 11) is 0. The van der Waals surface area contributed by atoms with Gasteiger partial charge in [-0.1, -0.05) is 18.2 Å². The highest BCUT2D eigenvalue weighted by atomic mass is 19.1. The predicted octanol–water partition coefficient (Wildman–Crippen LogP) is 2.10. The Hall–Kier alpha value is -1.21. The number of alkyl halides is 1. The molecule has 1 rings (SSSR count). The Labute approximate surface area is 131 Å². The third-order valence-corrected chi connectivity index (χ3v) is 2.58. The zero-order chi connectivity index (χ0) is 15.7. The molecule has 126 valence electrons. The zero-order valence-corrected chi connectivity index (χ0v) is 12.9. The van der Waals surface area contributed by atoms with Crippen molar-refractivity contribution in [2.75, 3.05) is 66.1 Å². The average Bonchev–Trinajstić information content (AvgIpc) is 2.56. The molecule has 0 aliphatic rings. The van der Waals surface area contributed by atoms with Crippen molar-refractivity contribution in [3.63, 3.8) is 0 Å². The van der Waals surface area contributed by atoms with Crippen LogP contribution in [0.4, 0.5) is 4.39 Å². The molecule has 0 aliphatic heterocycles. The van der Waals surface area contributed by atoms with E-state index in [0.29, 0.717) is 52.9 Å². The van der Waals surface area contributed by atoms with Crippen LogP contribution in [-0.2, 0) is 18.9 Å². The molecule has 1 aromatic rings. The third kappa shape index (κ3) is 11.4. The number of rotatable bonds is 15. The lowest BCUT2D eigenvalue weighted by Gasteiger charge is -2.08. The van der Waals surface area contributed by atoms with Crippen LogP contribution in [0.5, 0.6) is 5.75 Å². The molecule has 0 atom stereocenters. The van der Waals surface area contributed by atoms with Gasteiger partial charge in [0, 0.05) is 0 Å². The summed E-state index contributed by atoms with van der Waals surface area (Å²) in [5, 5.41) is 0. The number of para-hydroxylation sites is 1. The molecule has 0 fully saturated rings. The van der Waals surface area contributed by atoms with E-state index in [1.165, 1.54) is 0 Å². The van der Waals surface area contributed by atoms with Crippen LogP contribution in [0, 0.1) is 0 Å². The van der Waals surface area contributed by atoms with Gasteiger partial charge in [-0.05, 0) is 12.1 Å². The van der Waals surface area contributed by atoms with Crippen LogP contribution >= 0.6 is 0 Å². The van der Waals surface area contributed by atoms with Gasteiger partial charge < -0.3 is 23.7 Å². The summed E-state index contributed by atoms with van der Waals surface area (Å²) >= 11 is 0. The van der Waals surface area contributed by atoms with Gasteiger partial charge in [-0.25, -0.2) is 4.39 Å². The molecule has 0 unspecified atom stereocenters. The highest BCUT2D eigenvalue weighted by Gasteiger charge is 1.94. The summed E-state index contributed by atoms with van der Waals surface area (Å²) in [5.41, 5.74) is 0. The number of ether oxygens (including phenoxy) is 5. The summed E-state index contributed by atoms with van der Waals surface area (Å²) < 4.78 is 38.1. The van der Waals surface area contributed by atoms with Gasteiger partial charge in [0.1, 0.15) is 19.0 Å². The Morgan fingerprint density at radius 1 is 0.591 bits per heavy atom. The molecule has 0 heterocycles. The first kappa shape index (κ1) is 18.8. The molecule has 6 heteroatoms. The minimum atomic E-state index is -0.459. The second kappa shape index (κ2) is 14.7. The summed E-state index contributed by atoms with van der Waals surface area (Å²) in [6, 6.07) is 9.62. The summed E-state index contributed by atoms with van der Waals surface area (Å²) in [5.74, 6) is 0.843. The van der Waals surface area contributed by atoms with Crippen LogP contribution in [0.2, 0.25) is 0 Å². The monoisotopic (exact) mass is 316 g/mol. The maximum Gasteiger partial charge on any atom is 0.119 e. The maximum absolute atomic E-state index is 11.7. The molecule has 0 aromatic heterocycles. The molecule has 22 heavy (non-hydrogen) atoms. The first-order valence-corrected chi connectivity index (χ1v) is 7.48. The van der Waals surface area contributed by atoms with Crippen molar-refractivity contribution in [2.45, 2.75) is 0 Å². The fourth-order valence-electron chi connectivity index (χ4n) is 1.55. The Morgan fingerprint density at radius 2 is 1.05 bits per heavy atom. The largest absolute Gasteiger partial charge is 0.491 e. The van der Waals surface area contributed by atoms with Crippen molar-refractivity contribution < 1.29 is 28.1 Å². The second-order valence-electron chi connectivity index (χ2n) is 4.30. The van der Waals surface area contributed by atoms with Crippen molar-refractivity contribution in [2.24, 2.45) is 0 Å². The molecule has 0 amide bonds. The molecule has 1 aromatic carbocycles.